The van der Waals surface area contributed by atoms with Crippen LogP contribution in [0.4, 0.5) is 11.4 Å². The minimum Gasteiger partial charge on any atom is -0.479 e. The Balaban J connectivity index is 1.95. The van der Waals surface area contributed by atoms with Gasteiger partial charge in [0, 0.05) is 44.0 Å². The van der Waals surface area contributed by atoms with Crippen LogP contribution in [-0.2, 0) is 25.4 Å². The van der Waals surface area contributed by atoms with Gasteiger partial charge in [0.1, 0.15) is 17.9 Å². The molecular weight excluding hydrogens is 432 g/mol. The van der Waals surface area contributed by atoms with Gasteiger partial charge in [-0.15, -0.1) is 0 Å². The molecule has 10 nitrogen and oxygen atoms in total. The first-order chi connectivity index (χ1) is 15.8. The molecule has 0 aromatic heterocycles. The summed E-state index contributed by atoms with van der Waals surface area (Å²) in [6, 6.07) is 10.00. The van der Waals surface area contributed by atoms with Gasteiger partial charge in [0.25, 0.3) is 5.69 Å². The number of hydrogen-bond acceptors (Lipinski definition) is 9. The van der Waals surface area contributed by atoms with Crippen molar-refractivity contribution in [3.63, 3.8) is 0 Å². The Kier molecular flexibility index (Phi) is 6.00. The van der Waals surface area contributed by atoms with E-state index in [1.807, 2.05) is 24.3 Å². The molecule has 0 saturated carbocycles. The number of rotatable bonds is 6. The van der Waals surface area contributed by atoms with E-state index >= 15 is 0 Å². The van der Waals surface area contributed by atoms with E-state index in [2.05, 4.69) is 0 Å². The summed E-state index contributed by atoms with van der Waals surface area (Å²) in [6.45, 7) is 1.64. The van der Waals surface area contributed by atoms with E-state index in [0.29, 0.717) is 17.7 Å². The maximum Gasteiger partial charge on any atom is 0.328 e. The third kappa shape index (κ3) is 3.60. The number of benzene rings is 2. The van der Waals surface area contributed by atoms with Crippen molar-refractivity contribution in [1.29, 1.82) is 0 Å². The second kappa shape index (κ2) is 8.62. The highest BCUT2D eigenvalue weighted by Crippen LogP contribution is 2.50. The topological polar surface area (TPSA) is 121 Å². The zero-order valence-corrected chi connectivity index (χ0v) is 18.8. The van der Waals surface area contributed by atoms with Crippen molar-refractivity contribution in [3.8, 4) is 5.75 Å². The van der Waals surface area contributed by atoms with Crippen LogP contribution in [0.5, 0.6) is 5.75 Å². The van der Waals surface area contributed by atoms with Crippen LogP contribution in [0, 0.1) is 10.1 Å². The third-order valence-corrected chi connectivity index (χ3v) is 6.43. The molecule has 0 spiro atoms. The number of nitrogens with zero attached hydrogens (tertiary/aromatic N) is 2. The van der Waals surface area contributed by atoms with Crippen molar-refractivity contribution >= 4 is 17.3 Å². The fourth-order valence-corrected chi connectivity index (χ4v) is 4.89. The third-order valence-electron chi connectivity index (χ3n) is 6.43. The maximum absolute atomic E-state index is 12.8. The second-order valence-electron chi connectivity index (χ2n) is 8.24. The van der Waals surface area contributed by atoms with Gasteiger partial charge in [-0.05, 0) is 24.6 Å². The summed E-state index contributed by atoms with van der Waals surface area (Å²) in [4.78, 5) is 25.6. The van der Waals surface area contributed by atoms with Crippen LogP contribution < -0.4 is 9.64 Å². The monoisotopic (exact) mass is 458 g/mol. The number of fused-ring (bicyclic) bond motifs is 2. The van der Waals surface area contributed by atoms with Gasteiger partial charge in [0.05, 0.1) is 18.1 Å². The number of methoxy groups -OCH3 is 3. The molecular formula is C23H26N2O8. The molecule has 0 fully saturated rings. The Bertz CT molecular complexity index is 1070. The molecule has 2 aromatic rings. The van der Waals surface area contributed by atoms with Crippen LogP contribution in [0.2, 0.25) is 0 Å². The Morgan fingerprint density at radius 1 is 1.24 bits per heavy atom. The van der Waals surface area contributed by atoms with E-state index in [0.717, 1.165) is 11.3 Å². The molecule has 0 bridgehead atoms. The SMILES string of the molecule is COC(=O)[C@@H]1Cc2ccccc2N1[C@H]1c2cc([N+](=O)[O-])ccc2O[C@](C)(C(OC)OC)[C@@H]1O. The zero-order valence-electron chi connectivity index (χ0n) is 18.8. The van der Waals surface area contributed by atoms with Crippen molar-refractivity contribution in [2.45, 2.75) is 43.4 Å². The summed E-state index contributed by atoms with van der Waals surface area (Å²) < 4.78 is 22.1. The Morgan fingerprint density at radius 2 is 1.94 bits per heavy atom. The van der Waals surface area contributed by atoms with Crippen molar-refractivity contribution in [2.75, 3.05) is 26.2 Å². The smallest absolute Gasteiger partial charge is 0.328 e. The molecule has 10 heteroatoms. The van der Waals surface area contributed by atoms with Gasteiger partial charge in [0.2, 0.25) is 0 Å². The lowest BCUT2D eigenvalue weighted by atomic mass is 9.83. The van der Waals surface area contributed by atoms with Gasteiger partial charge in [0.15, 0.2) is 11.9 Å². The minimum atomic E-state index is -1.39. The summed E-state index contributed by atoms with van der Waals surface area (Å²) in [7, 11) is 4.16. The zero-order chi connectivity index (χ0) is 23.9. The number of para-hydroxylation sites is 1. The van der Waals surface area contributed by atoms with Crippen LogP contribution in [0.15, 0.2) is 42.5 Å². The molecule has 176 valence electrons. The lowest BCUT2D eigenvalue weighted by Crippen LogP contribution is -2.63. The number of hydrogen-bond donors (Lipinski definition) is 1. The van der Waals surface area contributed by atoms with E-state index in [4.69, 9.17) is 18.9 Å². The summed E-state index contributed by atoms with van der Waals surface area (Å²) >= 11 is 0. The molecule has 0 amide bonds. The first kappa shape index (κ1) is 23.0. The van der Waals surface area contributed by atoms with Crippen LogP contribution in [0.25, 0.3) is 0 Å². The number of nitro benzene ring substituents is 1. The molecule has 1 N–H and O–H groups in total. The van der Waals surface area contributed by atoms with Crippen molar-refractivity contribution in [2.24, 2.45) is 0 Å². The van der Waals surface area contributed by atoms with Crippen LogP contribution >= 0.6 is 0 Å². The van der Waals surface area contributed by atoms with E-state index in [1.165, 1.54) is 39.5 Å². The number of non-ortho nitro benzene ring substituents is 1. The normalized spacial score (nSPS) is 25.9. The number of nitro groups is 1. The molecule has 4 rings (SSSR count). The van der Waals surface area contributed by atoms with Crippen LogP contribution in [-0.4, -0.2) is 61.4 Å². The average molecular weight is 458 g/mol. The minimum absolute atomic E-state index is 0.157. The molecule has 33 heavy (non-hydrogen) atoms. The molecule has 2 aliphatic heterocycles. The molecule has 2 heterocycles. The molecule has 2 aromatic carbocycles. The Labute approximate surface area is 190 Å². The number of aliphatic hydroxyl groups excluding tert-OH is 1. The van der Waals surface area contributed by atoms with Crippen molar-refractivity contribution in [1.82, 2.24) is 0 Å². The highest BCUT2D eigenvalue weighted by molar-refractivity contribution is 5.84. The molecule has 2 aliphatic rings. The summed E-state index contributed by atoms with van der Waals surface area (Å²) in [5, 5.41) is 23.2. The fraction of sp³-hybridized carbons (Fsp3) is 0.435. The first-order valence-electron chi connectivity index (χ1n) is 10.4. The van der Waals surface area contributed by atoms with Crippen LogP contribution in [0.3, 0.4) is 0 Å². The summed E-state index contributed by atoms with van der Waals surface area (Å²) in [5.41, 5.74) is 0.455. The predicted molar refractivity (Wildman–Crippen MR) is 117 cm³/mol. The molecule has 0 unspecified atom stereocenters. The molecule has 4 atom stereocenters. The Morgan fingerprint density at radius 3 is 2.58 bits per heavy atom. The molecule has 0 radical (unpaired) electrons. The van der Waals surface area contributed by atoms with Gasteiger partial charge < -0.3 is 29.0 Å². The first-order valence-corrected chi connectivity index (χ1v) is 10.4. The van der Waals surface area contributed by atoms with E-state index in [-0.39, 0.29) is 5.69 Å². The van der Waals surface area contributed by atoms with Crippen molar-refractivity contribution < 1.29 is 33.8 Å². The summed E-state index contributed by atoms with van der Waals surface area (Å²) in [6.07, 6.45) is -1.89. The average Bonchev–Trinajstić information content (AvgIpc) is 3.19. The summed E-state index contributed by atoms with van der Waals surface area (Å²) in [5.74, 6) is -0.154. The fourth-order valence-electron chi connectivity index (χ4n) is 4.89. The quantitative estimate of drug-likeness (QED) is 0.301. The predicted octanol–water partition coefficient (Wildman–Crippen LogP) is 2.37. The highest BCUT2D eigenvalue weighted by Gasteiger charge is 2.56. The van der Waals surface area contributed by atoms with E-state index in [9.17, 15) is 20.0 Å². The van der Waals surface area contributed by atoms with E-state index < -0.39 is 41.0 Å². The standard InChI is InChI=1S/C23H26N2O8/c1-23(22(31-3)32-4)20(26)19(15-12-14(25(28)29)9-10-18(15)33-23)24-16-8-6-5-7-13(16)11-17(24)21(27)30-2/h5-10,12,17,19-20,22,26H,11H2,1-4H3/t17-,19-,20+,23-/m0/s1. The van der Waals surface area contributed by atoms with E-state index in [1.54, 1.807) is 11.8 Å². The highest BCUT2D eigenvalue weighted by atomic mass is 16.7. The van der Waals surface area contributed by atoms with Crippen molar-refractivity contribution in [3.05, 3.63) is 63.7 Å². The number of carbonyl (C=O) groups excluding carboxylic acids is 1. The number of esters is 1. The van der Waals surface area contributed by atoms with Gasteiger partial charge in [-0.25, -0.2) is 4.79 Å². The van der Waals surface area contributed by atoms with Gasteiger partial charge in [-0.1, -0.05) is 18.2 Å². The maximum atomic E-state index is 12.8. The number of carbonyl (C=O) groups is 1. The molecule has 0 saturated heterocycles. The second-order valence-corrected chi connectivity index (χ2v) is 8.24. The lowest BCUT2D eigenvalue weighted by molar-refractivity contribution is -0.385. The number of aliphatic hydroxyl groups is 1. The van der Waals surface area contributed by atoms with Gasteiger partial charge in [-0.2, -0.15) is 0 Å². The van der Waals surface area contributed by atoms with Gasteiger partial charge >= 0.3 is 5.97 Å². The largest absolute Gasteiger partial charge is 0.479 e. The van der Waals surface area contributed by atoms with Crippen LogP contribution in [0.1, 0.15) is 24.1 Å². The number of anilines is 1. The molecule has 0 aliphatic carbocycles. The lowest BCUT2D eigenvalue weighted by Gasteiger charge is -2.50. The van der Waals surface area contributed by atoms with Gasteiger partial charge in [-0.3, -0.25) is 10.1 Å². The number of ether oxygens (including phenoxy) is 4. The Hall–Kier alpha value is -3.21.